The fourth-order valence-corrected chi connectivity index (χ4v) is 2.37. The Labute approximate surface area is 94.0 Å². The van der Waals surface area contributed by atoms with Crippen molar-refractivity contribution in [3.05, 3.63) is 20.5 Å². The zero-order valence-electron chi connectivity index (χ0n) is 7.32. The van der Waals surface area contributed by atoms with Crippen LogP contribution in [-0.2, 0) is 6.54 Å². The summed E-state index contributed by atoms with van der Waals surface area (Å²) in [5.41, 5.74) is 0. The highest BCUT2D eigenvalue weighted by Gasteiger charge is 2.02. The fourth-order valence-electron chi connectivity index (χ4n) is 0.889. The molecule has 14 heavy (non-hydrogen) atoms. The van der Waals surface area contributed by atoms with Crippen LogP contribution in [0, 0.1) is 6.92 Å². The lowest BCUT2D eigenvalue weighted by molar-refractivity contribution is 1.02. The van der Waals surface area contributed by atoms with Crippen molar-refractivity contribution in [2.45, 2.75) is 13.5 Å². The predicted molar refractivity (Wildman–Crippen MR) is 59.1 cm³/mol. The maximum Gasteiger partial charge on any atom is 0.206 e. The van der Waals surface area contributed by atoms with Crippen molar-refractivity contribution in [3.63, 3.8) is 0 Å². The van der Waals surface area contributed by atoms with Gasteiger partial charge < -0.3 is 5.32 Å². The highest BCUT2D eigenvalue weighted by molar-refractivity contribution is 7.16. The first kappa shape index (κ1) is 9.82. The Bertz CT molecular complexity index is 385. The SMILES string of the molecule is Cc1nnc(NCc2ncc(Cl)s2)s1. The van der Waals surface area contributed by atoms with Gasteiger partial charge in [0.1, 0.15) is 14.4 Å². The van der Waals surface area contributed by atoms with E-state index in [-0.39, 0.29) is 0 Å². The highest BCUT2D eigenvalue weighted by Crippen LogP contribution is 2.20. The first-order valence-corrected chi connectivity index (χ1v) is 5.89. The van der Waals surface area contributed by atoms with Crippen LogP contribution in [0.1, 0.15) is 10.0 Å². The molecule has 0 saturated heterocycles. The molecular formula is C7H7ClN4S2. The molecular weight excluding hydrogens is 240 g/mol. The molecule has 0 amide bonds. The van der Waals surface area contributed by atoms with E-state index in [4.69, 9.17) is 11.6 Å². The van der Waals surface area contributed by atoms with Crippen molar-refractivity contribution in [2.75, 3.05) is 5.32 Å². The summed E-state index contributed by atoms with van der Waals surface area (Å²) in [6.45, 7) is 2.56. The average Bonchev–Trinajstić information content (AvgIpc) is 2.72. The van der Waals surface area contributed by atoms with Crippen molar-refractivity contribution in [2.24, 2.45) is 0 Å². The summed E-state index contributed by atoms with van der Waals surface area (Å²) < 4.78 is 0.704. The summed E-state index contributed by atoms with van der Waals surface area (Å²) in [6.07, 6.45) is 1.65. The zero-order valence-corrected chi connectivity index (χ0v) is 9.71. The van der Waals surface area contributed by atoms with Crippen molar-refractivity contribution in [1.29, 1.82) is 0 Å². The number of nitrogens with one attached hydrogen (secondary N) is 1. The molecule has 0 atom stereocenters. The first-order valence-electron chi connectivity index (χ1n) is 3.88. The van der Waals surface area contributed by atoms with Crippen LogP contribution in [0.15, 0.2) is 6.20 Å². The molecule has 2 aromatic heterocycles. The molecule has 7 heteroatoms. The molecule has 0 saturated carbocycles. The van der Waals surface area contributed by atoms with E-state index in [0.717, 1.165) is 15.1 Å². The Kier molecular flexibility index (Phi) is 2.95. The van der Waals surface area contributed by atoms with Crippen LogP contribution >= 0.6 is 34.3 Å². The molecule has 0 radical (unpaired) electrons. The van der Waals surface area contributed by atoms with Gasteiger partial charge in [-0.2, -0.15) is 0 Å². The predicted octanol–water partition coefficient (Wildman–Crippen LogP) is 2.57. The number of nitrogens with zero attached hydrogens (tertiary/aromatic N) is 3. The largest absolute Gasteiger partial charge is 0.354 e. The number of rotatable bonds is 3. The van der Waals surface area contributed by atoms with Crippen molar-refractivity contribution >= 4 is 39.4 Å². The minimum Gasteiger partial charge on any atom is -0.354 e. The van der Waals surface area contributed by atoms with E-state index in [0.29, 0.717) is 10.9 Å². The number of aryl methyl sites for hydroxylation is 1. The van der Waals surface area contributed by atoms with Gasteiger partial charge >= 0.3 is 0 Å². The number of halogens is 1. The van der Waals surface area contributed by atoms with E-state index in [2.05, 4.69) is 20.5 Å². The van der Waals surface area contributed by atoms with Crippen LogP contribution in [0.25, 0.3) is 0 Å². The van der Waals surface area contributed by atoms with E-state index < -0.39 is 0 Å². The van der Waals surface area contributed by atoms with Gasteiger partial charge in [0.25, 0.3) is 0 Å². The summed E-state index contributed by atoms with van der Waals surface area (Å²) >= 11 is 8.74. The van der Waals surface area contributed by atoms with Gasteiger partial charge in [0.05, 0.1) is 12.7 Å². The van der Waals surface area contributed by atoms with Crippen LogP contribution in [0.2, 0.25) is 4.34 Å². The van der Waals surface area contributed by atoms with Crippen molar-refractivity contribution in [3.8, 4) is 0 Å². The van der Waals surface area contributed by atoms with Gasteiger partial charge in [-0.3, -0.25) is 0 Å². The third kappa shape index (κ3) is 2.40. The fraction of sp³-hybridized carbons (Fsp3) is 0.286. The topological polar surface area (TPSA) is 50.7 Å². The Hall–Kier alpha value is -0.720. The highest BCUT2D eigenvalue weighted by atomic mass is 35.5. The minimum atomic E-state index is 0.645. The maximum atomic E-state index is 5.75. The normalized spacial score (nSPS) is 10.4. The quantitative estimate of drug-likeness (QED) is 0.905. The maximum absolute atomic E-state index is 5.75. The van der Waals surface area contributed by atoms with Gasteiger partial charge in [-0.05, 0) is 6.92 Å². The first-order chi connectivity index (χ1) is 6.74. The number of hydrogen-bond donors (Lipinski definition) is 1. The molecule has 0 aromatic carbocycles. The van der Waals surface area contributed by atoms with Gasteiger partial charge in [-0.25, -0.2) is 4.98 Å². The molecule has 0 spiro atoms. The standard InChI is InChI=1S/C7H7ClN4S2/c1-4-11-12-7(13-4)10-3-6-9-2-5(8)14-6/h2H,3H2,1H3,(H,10,12). The molecule has 2 heterocycles. The Morgan fingerprint density at radius 1 is 1.43 bits per heavy atom. The second-order valence-corrected chi connectivity index (χ2v) is 5.47. The third-order valence-corrected chi connectivity index (χ3v) is 3.35. The van der Waals surface area contributed by atoms with Gasteiger partial charge in [0.2, 0.25) is 5.13 Å². The van der Waals surface area contributed by atoms with Crippen LogP contribution < -0.4 is 5.32 Å². The molecule has 2 aromatic rings. The van der Waals surface area contributed by atoms with Crippen LogP contribution in [0.3, 0.4) is 0 Å². The molecule has 4 nitrogen and oxygen atoms in total. The molecule has 74 valence electrons. The van der Waals surface area contributed by atoms with E-state index in [1.807, 2.05) is 6.92 Å². The molecule has 0 aliphatic rings. The summed E-state index contributed by atoms with van der Waals surface area (Å²) in [5, 5.41) is 13.7. The van der Waals surface area contributed by atoms with E-state index >= 15 is 0 Å². The van der Waals surface area contributed by atoms with Crippen LogP contribution in [0.4, 0.5) is 5.13 Å². The molecule has 1 N–H and O–H groups in total. The van der Waals surface area contributed by atoms with Gasteiger partial charge in [-0.1, -0.05) is 22.9 Å². The lowest BCUT2D eigenvalue weighted by Crippen LogP contribution is -1.97. The molecule has 0 bridgehead atoms. The Morgan fingerprint density at radius 2 is 2.29 bits per heavy atom. The van der Waals surface area contributed by atoms with Crippen LogP contribution in [-0.4, -0.2) is 15.2 Å². The molecule has 0 aliphatic carbocycles. The molecule has 0 aliphatic heterocycles. The average molecular weight is 247 g/mol. The summed E-state index contributed by atoms with van der Waals surface area (Å²) in [5.74, 6) is 0. The van der Waals surface area contributed by atoms with E-state index in [9.17, 15) is 0 Å². The van der Waals surface area contributed by atoms with Crippen LogP contribution in [0.5, 0.6) is 0 Å². The molecule has 0 fully saturated rings. The summed E-state index contributed by atoms with van der Waals surface area (Å²) in [4.78, 5) is 4.12. The monoisotopic (exact) mass is 246 g/mol. The van der Waals surface area contributed by atoms with Gasteiger partial charge in [0, 0.05) is 0 Å². The van der Waals surface area contributed by atoms with E-state index in [1.165, 1.54) is 22.7 Å². The van der Waals surface area contributed by atoms with Gasteiger partial charge in [0.15, 0.2) is 0 Å². The smallest absolute Gasteiger partial charge is 0.206 e. The number of aromatic nitrogens is 3. The summed E-state index contributed by atoms with van der Waals surface area (Å²) in [6, 6.07) is 0. The van der Waals surface area contributed by atoms with Crippen molar-refractivity contribution < 1.29 is 0 Å². The lowest BCUT2D eigenvalue weighted by atomic mass is 10.7. The van der Waals surface area contributed by atoms with E-state index in [1.54, 1.807) is 6.20 Å². The van der Waals surface area contributed by atoms with Crippen molar-refractivity contribution in [1.82, 2.24) is 15.2 Å². The molecule has 2 rings (SSSR count). The minimum absolute atomic E-state index is 0.645. The third-order valence-electron chi connectivity index (χ3n) is 1.44. The Morgan fingerprint density at radius 3 is 2.86 bits per heavy atom. The second-order valence-electron chi connectivity index (χ2n) is 2.54. The summed E-state index contributed by atoms with van der Waals surface area (Å²) in [7, 11) is 0. The zero-order chi connectivity index (χ0) is 9.97. The number of hydrogen-bond acceptors (Lipinski definition) is 6. The molecule has 0 unspecified atom stereocenters. The number of anilines is 1. The number of thiazole rings is 1. The Balaban J connectivity index is 1.94. The second kappa shape index (κ2) is 4.20. The lowest BCUT2D eigenvalue weighted by Gasteiger charge is -1.95. The van der Waals surface area contributed by atoms with Gasteiger partial charge in [-0.15, -0.1) is 21.5 Å².